The van der Waals surface area contributed by atoms with E-state index in [-0.39, 0.29) is 5.91 Å². The molecule has 19 heavy (non-hydrogen) atoms. The molecule has 0 aliphatic heterocycles. The Kier molecular flexibility index (Phi) is 6.93. The molecule has 0 saturated heterocycles. The SMILES string of the molecule is CCCCC(=O)Nc1ccc(N(C)CCCC)nc1. The quantitative estimate of drug-likeness (QED) is 0.781. The number of aromatic nitrogens is 1. The highest BCUT2D eigenvalue weighted by Crippen LogP contribution is 2.14. The first kappa shape index (κ1) is 15.5. The van der Waals surface area contributed by atoms with Gasteiger partial charge in [0.25, 0.3) is 0 Å². The molecule has 0 spiro atoms. The van der Waals surface area contributed by atoms with Crippen LogP contribution in [0.3, 0.4) is 0 Å². The van der Waals surface area contributed by atoms with Crippen molar-refractivity contribution in [1.29, 1.82) is 0 Å². The van der Waals surface area contributed by atoms with Crippen molar-refractivity contribution in [3.63, 3.8) is 0 Å². The third-order valence-corrected chi connectivity index (χ3v) is 3.03. The van der Waals surface area contributed by atoms with Crippen LogP contribution in [0.15, 0.2) is 18.3 Å². The fourth-order valence-corrected chi connectivity index (χ4v) is 1.76. The van der Waals surface area contributed by atoms with Crippen molar-refractivity contribution in [2.75, 3.05) is 23.8 Å². The first-order chi connectivity index (χ1) is 9.17. The number of nitrogens with zero attached hydrogens (tertiary/aromatic N) is 2. The molecule has 0 bridgehead atoms. The van der Waals surface area contributed by atoms with Crippen LogP contribution in [-0.2, 0) is 4.79 Å². The normalized spacial score (nSPS) is 10.3. The average molecular weight is 263 g/mol. The zero-order chi connectivity index (χ0) is 14.1. The van der Waals surface area contributed by atoms with Crippen LogP contribution in [-0.4, -0.2) is 24.5 Å². The molecule has 0 radical (unpaired) electrons. The predicted molar refractivity (Wildman–Crippen MR) is 80.6 cm³/mol. The Morgan fingerprint density at radius 1 is 1.26 bits per heavy atom. The maximum absolute atomic E-state index is 11.6. The lowest BCUT2D eigenvalue weighted by atomic mass is 10.2. The van der Waals surface area contributed by atoms with Gasteiger partial charge in [-0.15, -0.1) is 0 Å². The molecule has 0 saturated carbocycles. The minimum absolute atomic E-state index is 0.0655. The number of rotatable bonds is 8. The summed E-state index contributed by atoms with van der Waals surface area (Å²) in [6, 6.07) is 3.86. The second-order valence-electron chi connectivity index (χ2n) is 4.83. The summed E-state index contributed by atoms with van der Waals surface area (Å²) < 4.78 is 0. The summed E-state index contributed by atoms with van der Waals surface area (Å²) in [6.45, 7) is 5.26. The van der Waals surface area contributed by atoms with Gasteiger partial charge in [-0.25, -0.2) is 4.98 Å². The number of hydrogen-bond donors (Lipinski definition) is 1. The van der Waals surface area contributed by atoms with Crippen molar-refractivity contribution in [3.05, 3.63) is 18.3 Å². The standard InChI is InChI=1S/C15H25N3O/c1-4-6-8-15(19)17-13-9-10-14(16-12-13)18(3)11-7-5-2/h9-10,12H,4-8,11H2,1-3H3,(H,17,19). The zero-order valence-electron chi connectivity index (χ0n) is 12.3. The topological polar surface area (TPSA) is 45.2 Å². The van der Waals surface area contributed by atoms with Gasteiger partial charge in [0.15, 0.2) is 0 Å². The third kappa shape index (κ3) is 5.73. The lowest BCUT2D eigenvalue weighted by Gasteiger charge is -2.17. The number of carbonyl (C=O) groups is 1. The van der Waals surface area contributed by atoms with Gasteiger partial charge in [-0.2, -0.15) is 0 Å². The van der Waals surface area contributed by atoms with Crippen molar-refractivity contribution in [1.82, 2.24) is 4.98 Å². The Morgan fingerprint density at radius 2 is 2.00 bits per heavy atom. The van der Waals surface area contributed by atoms with E-state index in [9.17, 15) is 4.79 Å². The molecule has 1 heterocycles. The number of hydrogen-bond acceptors (Lipinski definition) is 3. The average Bonchev–Trinajstić information content (AvgIpc) is 2.43. The predicted octanol–water partition coefficient (Wildman–Crippen LogP) is 3.45. The molecule has 1 aromatic heterocycles. The molecule has 0 atom stereocenters. The second-order valence-corrected chi connectivity index (χ2v) is 4.83. The number of amides is 1. The molecule has 1 rings (SSSR count). The molecule has 1 N–H and O–H groups in total. The van der Waals surface area contributed by atoms with Crippen LogP contribution in [0.5, 0.6) is 0 Å². The Hall–Kier alpha value is -1.58. The number of pyridine rings is 1. The van der Waals surface area contributed by atoms with Crippen LogP contribution in [0, 0.1) is 0 Å². The van der Waals surface area contributed by atoms with Crippen LogP contribution in [0.4, 0.5) is 11.5 Å². The maximum atomic E-state index is 11.6. The Morgan fingerprint density at radius 3 is 2.58 bits per heavy atom. The smallest absolute Gasteiger partial charge is 0.224 e. The Bertz CT molecular complexity index is 375. The van der Waals surface area contributed by atoms with Crippen LogP contribution in [0.2, 0.25) is 0 Å². The zero-order valence-corrected chi connectivity index (χ0v) is 12.3. The van der Waals surface area contributed by atoms with E-state index in [1.165, 1.54) is 6.42 Å². The highest BCUT2D eigenvalue weighted by molar-refractivity contribution is 5.90. The lowest BCUT2D eigenvalue weighted by Crippen LogP contribution is -2.19. The van der Waals surface area contributed by atoms with Crippen molar-refractivity contribution in [3.8, 4) is 0 Å². The summed E-state index contributed by atoms with van der Waals surface area (Å²) in [6.07, 6.45) is 6.60. The van der Waals surface area contributed by atoms with Crippen molar-refractivity contribution in [2.24, 2.45) is 0 Å². The fraction of sp³-hybridized carbons (Fsp3) is 0.600. The Balaban J connectivity index is 2.49. The molecule has 1 amide bonds. The summed E-state index contributed by atoms with van der Waals surface area (Å²) in [7, 11) is 2.04. The van der Waals surface area contributed by atoms with Crippen LogP contribution < -0.4 is 10.2 Å². The van der Waals surface area contributed by atoms with E-state index in [0.717, 1.165) is 37.3 Å². The van der Waals surface area contributed by atoms with Crippen LogP contribution in [0.1, 0.15) is 46.0 Å². The molecule has 0 aromatic carbocycles. The van der Waals surface area contributed by atoms with E-state index in [1.54, 1.807) is 6.20 Å². The van der Waals surface area contributed by atoms with E-state index in [1.807, 2.05) is 19.2 Å². The van der Waals surface area contributed by atoms with Gasteiger partial charge < -0.3 is 10.2 Å². The molecule has 0 fully saturated rings. The maximum Gasteiger partial charge on any atom is 0.224 e. The fourth-order valence-electron chi connectivity index (χ4n) is 1.76. The van der Waals surface area contributed by atoms with Crippen molar-refractivity contribution >= 4 is 17.4 Å². The van der Waals surface area contributed by atoms with E-state index < -0.39 is 0 Å². The molecule has 4 nitrogen and oxygen atoms in total. The molecule has 106 valence electrons. The van der Waals surface area contributed by atoms with Gasteiger partial charge in [0.1, 0.15) is 5.82 Å². The number of nitrogens with one attached hydrogen (secondary N) is 1. The van der Waals surface area contributed by atoms with Gasteiger partial charge in [-0.1, -0.05) is 26.7 Å². The van der Waals surface area contributed by atoms with E-state index in [4.69, 9.17) is 0 Å². The van der Waals surface area contributed by atoms with Gasteiger partial charge in [-0.3, -0.25) is 4.79 Å². The van der Waals surface area contributed by atoms with E-state index in [2.05, 4.69) is 29.0 Å². The van der Waals surface area contributed by atoms with Crippen molar-refractivity contribution in [2.45, 2.75) is 46.0 Å². The Labute approximate surface area is 116 Å². The van der Waals surface area contributed by atoms with E-state index >= 15 is 0 Å². The molecule has 0 unspecified atom stereocenters. The monoisotopic (exact) mass is 263 g/mol. The highest BCUT2D eigenvalue weighted by atomic mass is 16.1. The molecule has 0 aliphatic rings. The first-order valence-corrected chi connectivity index (χ1v) is 7.14. The first-order valence-electron chi connectivity index (χ1n) is 7.14. The summed E-state index contributed by atoms with van der Waals surface area (Å²) in [5, 5.41) is 2.87. The summed E-state index contributed by atoms with van der Waals surface area (Å²) in [5.74, 6) is 1.01. The van der Waals surface area contributed by atoms with Crippen LogP contribution >= 0.6 is 0 Å². The van der Waals surface area contributed by atoms with Gasteiger partial charge in [0, 0.05) is 20.0 Å². The largest absolute Gasteiger partial charge is 0.360 e. The van der Waals surface area contributed by atoms with Crippen LogP contribution in [0.25, 0.3) is 0 Å². The molecular formula is C15H25N3O. The third-order valence-electron chi connectivity index (χ3n) is 3.03. The number of anilines is 2. The minimum atomic E-state index is 0.0655. The molecular weight excluding hydrogens is 238 g/mol. The molecule has 1 aromatic rings. The summed E-state index contributed by atoms with van der Waals surface area (Å²) in [5.41, 5.74) is 0.772. The highest BCUT2D eigenvalue weighted by Gasteiger charge is 2.04. The van der Waals surface area contributed by atoms with Gasteiger partial charge >= 0.3 is 0 Å². The van der Waals surface area contributed by atoms with Gasteiger partial charge in [0.05, 0.1) is 11.9 Å². The summed E-state index contributed by atoms with van der Waals surface area (Å²) in [4.78, 5) is 18.1. The number of unbranched alkanes of at least 4 members (excludes halogenated alkanes) is 2. The minimum Gasteiger partial charge on any atom is -0.360 e. The lowest BCUT2D eigenvalue weighted by molar-refractivity contribution is -0.116. The molecule has 4 heteroatoms. The van der Waals surface area contributed by atoms with Crippen molar-refractivity contribution < 1.29 is 4.79 Å². The van der Waals surface area contributed by atoms with Gasteiger partial charge in [0.2, 0.25) is 5.91 Å². The number of carbonyl (C=O) groups excluding carboxylic acids is 1. The van der Waals surface area contributed by atoms with Gasteiger partial charge in [-0.05, 0) is 25.0 Å². The van der Waals surface area contributed by atoms with E-state index in [0.29, 0.717) is 6.42 Å². The summed E-state index contributed by atoms with van der Waals surface area (Å²) >= 11 is 0. The second kappa shape index (κ2) is 8.51. The molecule has 0 aliphatic carbocycles.